The van der Waals surface area contributed by atoms with Crippen molar-refractivity contribution in [3.05, 3.63) is 28.2 Å². The molecule has 0 aliphatic carbocycles. The van der Waals surface area contributed by atoms with Gasteiger partial charge in [0.05, 0.1) is 5.75 Å². The van der Waals surface area contributed by atoms with Crippen LogP contribution in [-0.2, 0) is 17.8 Å². The minimum absolute atomic E-state index is 0.0142. The van der Waals surface area contributed by atoms with E-state index in [1.807, 2.05) is 9.95 Å². The number of aromatic nitrogens is 3. The van der Waals surface area contributed by atoms with Crippen LogP contribution < -0.4 is 0 Å². The van der Waals surface area contributed by atoms with Crippen LogP contribution in [0.2, 0.25) is 0 Å². The van der Waals surface area contributed by atoms with Crippen LogP contribution in [0.25, 0.3) is 0 Å². The van der Waals surface area contributed by atoms with Gasteiger partial charge in [0.25, 0.3) is 0 Å². The summed E-state index contributed by atoms with van der Waals surface area (Å²) in [6.45, 7) is 2.90. The topological polar surface area (TPSA) is 68.0 Å². The van der Waals surface area contributed by atoms with E-state index in [0.29, 0.717) is 5.16 Å². The zero-order valence-corrected chi connectivity index (χ0v) is 12.2. The number of hydrogen-bond acceptors (Lipinski definition) is 5. The van der Waals surface area contributed by atoms with E-state index in [2.05, 4.69) is 28.6 Å². The highest BCUT2D eigenvalue weighted by Crippen LogP contribution is 2.19. The molecule has 0 aliphatic heterocycles. The Kier molecular flexibility index (Phi) is 4.98. The van der Waals surface area contributed by atoms with Crippen LogP contribution in [0.5, 0.6) is 0 Å². The van der Waals surface area contributed by atoms with Crippen molar-refractivity contribution in [2.45, 2.75) is 31.5 Å². The van der Waals surface area contributed by atoms with Crippen molar-refractivity contribution >= 4 is 29.1 Å². The van der Waals surface area contributed by atoms with Crippen LogP contribution in [0.15, 0.2) is 22.0 Å². The molecule has 19 heavy (non-hydrogen) atoms. The SMILES string of the molecule is CCCn1c(Cc2ccsc2)nnc1SCC(=O)O. The molecular formula is C12H15N3O2S2. The highest BCUT2D eigenvalue weighted by atomic mass is 32.2. The third kappa shape index (κ3) is 3.81. The van der Waals surface area contributed by atoms with Gasteiger partial charge in [-0.25, -0.2) is 0 Å². The lowest BCUT2D eigenvalue weighted by atomic mass is 10.2. The first-order valence-electron chi connectivity index (χ1n) is 5.98. The van der Waals surface area contributed by atoms with Gasteiger partial charge in [-0.1, -0.05) is 18.7 Å². The Bertz CT molecular complexity index is 537. The summed E-state index contributed by atoms with van der Waals surface area (Å²) < 4.78 is 2.02. The third-order valence-corrected chi connectivity index (χ3v) is 4.19. The van der Waals surface area contributed by atoms with Gasteiger partial charge in [0.15, 0.2) is 5.16 Å². The van der Waals surface area contributed by atoms with Crippen molar-refractivity contribution in [3.8, 4) is 0 Å². The van der Waals surface area contributed by atoms with Crippen molar-refractivity contribution in [2.24, 2.45) is 0 Å². The Morgan fingerprint density at radius 1 is 1.53 bits per heavy atom. The maximum atomic E-state index is 10.6. The number of carboxylic acid groups (broad SMARTS) is 1. The number of rotatable bonds is 7. The molecule has 0 saturated carbocycles. The zero-order chi connectivity index (χ0) is 13.7. The molecular weight excluding hydrogens is 282 g/mol. The Labute approximate surface area is 119 Å². The van der Waals surface area contributed by atoms with E-state index in [1.54, 1.807) is 11.3 Å². The molecule has 102 valence electrons. The number of nitrogens with zero attached hydrogens (tertiary/aromatic N) is 3. The summed E-state index contributed by atoms with van der Waals surface area (Å²) in [7, 11) is 0. The molecule has 2 aromatic heterocycles. The molecule has 0 bridgehead atoms. The summed E-state index contributed by atoms with van der Waals surface area (Å²) in [6, 6.07) is 2.07. The van der Waals surface area contributed by atoms with E-state index in [1.165, 1.54) is 17.3 Å². The van der Waals surface area contributed by atoms with Crippen LogP contribution >= 0.6 is 23.1 Å². The van der Waals surface area contributed by atoms with E-state index >= 15 is 0 Å². The highest BCUT2D eigenvalue weighted by molar-refractivity contribution is 7.99. The van der Waals surface area contributed by atoms with Crippen LogP contribution in [0.1, 0.15) is 24.7 Å². The van der Waals surface area contributed by atoms with Gasteiger partial charge < -0.3 is 9.67 Å². The summed E-state index contributed by atoms with van der Waals surface area (Å²) >= 11 is 2.88. The number of carbonyl (C=O) groups is 1. The molecule has 0 fully saturated rings. The summed E-state index contributed by atoms with van der Waals surface area (Å²) in [5, 5.41) is 21.8. The van der Waals surface area contributed by atoms with Crippen LogP contribution in [0.4, 0.5) is 0 Å². The molecule has 7 heteroatoms. The molecule has 2 rings (SSSR count). The van der Waals surface area contributed by atoms with Crippen LogP contribution in [0, 0.1) is 0 Å². The second-order valence-corrected chi connectivity index (χ2v) is 5.76. The minimum atomic E-state index is -0.838. The Hall–Kier alpha value is -1.34. The number of thiophene rings is 1. The summed E-state index contributed by atoms with van der Waals surface area (Å²) in [6.07, 6.45) is 1.71. The van der Waals surface area contributed by atoms with E-state index in [0.717, 1.165) is 25.2 Å². The van der Waals surface area contributed by atoms with Crippen molar-refractivity contribution in [3.63, 3.8) is 0 Å². The average molecular weight is 297 g/mol. The van der Waals surface area contributed by atoms with Crippen molar-refractivity contribution in [1.29, 1.82) is 0 Å². The molecule has 0 amide bonds. The summed E-state index contributed by atoms with van der Waals surface area (Å²) in [5.74, 6) is 0.0730. The molecule has 2 heterocycles. The quantitative estimate of drug-likeness (QED) is 0.795. The number of carboxylic acids is 1. The van der Waals surface area contributed by atoms with Crippen LogP contribution in [0.3, 0.4) is 0 Å². The molecule has 0 spiro atoms. The molecule has 0 saturated heterocycles. The first-order chi connectivity index (χ1) is 9.20. The number of thioether (sulfide) groups is 1. The molecule has 0 aromatic carbocycles. The molecule has 2 aromatic rings. The fourth-order valence-electron chi connectivity index (χ4n) is 1.71. The molecule has 0 atom stereocenters. The van der Waals surface area contributed by atoms with Gasteiger partial charge in [0.2, 0.25) is 0 Å². The molecule has 0 radical (unpaired) electrons. The average Bonchev–Trinajstić information content (AvgIpc) is 2.99. The summed E-state index contributed by atoms with van der Waals surface area (Å²) in [4.78, 5) is 10.6. The molecule has 0 unspecified atom stereocenters. The van der Waals surface area contributed by atoms with E-state index < -0.39 is 5.97 Å². The van der Waals surface area contributed by atoms with Gasteiger partial charge in [-0.15, -0.1) is 10.2 Å². The van der Waals surface area contributed by atoms with Crippen molar-refractivity contribution in [2.75, 3.05) is 5.75 Å². The van der Waals surface area contributed by atoms with Gasteiger partial charge in [-0.05, 0) is 28.8 Å². The zero-order valence-electron chi connectivity index (χ0n) is 10.6. The van der Waals surface area contributed by atoms with Crippen molar-refractivity contribution < 1.29 is 9.90 Å². The number of hydrogen-bond donors (Lipinski definition) is 1. The normalized spacial score (nSPS) is 10.8. The lowest BCUT2D eigenvalue weighted by Gasteiger charge is -2.07. The lowest BCUT2D eigenvalue weighted by Crippen LogP contribution is -2.07. The van der Waals surface area contributed by atoms with Crippen molar-refractivity contribution in [1.82, 2.24) is 14.8 Å². The van der Waals surface area contributed by atoms with E-state index in [4.69, 9.17) is 5.11 Å². The molecule has 0 aliphatic rings. The Morgan fingerprint density at radius 2 is 2.37 bits per heavy atom. The van der Waals surface area contributed by atoms with Gasteiger partial charge in [0.1, 0.15) is 5.82 Å². The third-order valence-electron chi connectivity index (χ3n) is 2.51. The van der Waals surface area contributed by atoms with Gasteiger partial charge in [0, 0.05) is 13.0 Å². The first-order valence-corrected chi connectivity index (χ1v) is 7.91. The molecule has 1 N–H and O–H groups in total. The van der Waals surface area contributed by atoms with E-state index in [9.17, 15) is 4.79 Å². The predicted octanol–water partition coefficient (Wildman–Crippen LogP) is 2.52. The second kappa shape index (κ2) is 6.72. The van der Waals surface area contributed by atoms with Gasteiger partial charge in [-0.3, -0.25) is 4.79 Å². The first kappa shape index (κ1) is 14.1. The van der Waals surface area contributed by atoms with Gasteiger partial charge in [-0.2, -0.15) is 11.3 Å². The van der Waals surface area contributed by atoms with Crippen LogP contribution in [-0.4, -0.2) is 31.6 Å². The minimum Gasteiger partial charge on any atom is -0.481 e. The maximum absolute atomic E-state index is 10.6. The number of aliphatic carboxylic acids is 1. The second-order valence-electron chi connectivity index (χ2n) is 4.04. The van der Waals surface area contributed by atoms with E-state index in [-0.39, 0.29) is 5.75 Å². The lowest BCUT2D eigenvalue weighted by molar-refractivity contribution is -0.133. The fraction of sp³-hybridized carbons (Fsp3) is 0.417. The fourth-order valence-corrected chi connectivity index (χ4v) is 3.08. The Balaban J connectivity index is 2.16. The Morgan fingerprint density at radius 3 is 3.00 bits per heavy atom. The van der Waals surface area contributed by atoms with Gasteiger partial charge >= 0.3 is 5.97 Å². The molecule has 5 nitrogen and oxygen atoms in total. The monoisotopic (exact) mass is 297 g/mol. The summed E-state index contributed by atoms with van der Waals surface area (Å²) in [5.41, 5.74) is 1.21. The highest BCUT2D eigenvalue weighted by Gasteiger charge is 2.13. The largest absolute Gasteiger partial charge is 0.481 e. The predicted molar refractivity (Wildman–Crippen MR) is 75.8 cm³/mol. The standard InChI is InChI=1S/C12H15N3O2S2/c1-2-4-15-10(6-9-3-5-18-7-9)13-14-12(15)19-8-11(16)17/h3,5,7H,2,4,6,8H2,1H3,(H,16,17). The maximum Gasteiger partial charge on any atom is 0.313 e. The smallest absolute Gasteiger partial charge is 0.313 e.